The molecule has 0 bridgehead atoms. The first kappa shape index (κ1) is 25.7. The minimum Gasteiger partial charge on any atom is -0.493 e. The lowest BCUT2D eigenvalue weighted by molar-refractivity contribution is 0.324. The first-order valence-electron chi connectivity index (χ1n) is 9.70. The van der Waals surface area contributed by atoms with Crippen LogP contribution in [0.15, 0.2) is 47.5 Å². The Balaban J connectivity index is 0.00000450. The Labute approximate surface area is 196 Å². The van der Waals surface area contributed by atoms with Gasteiger partial charge in [0.1, 0.15) is 0 Å². The van der Waals surface area contributed by atoms with E-state index in [1.54, 1.807) is 21.3 Å². The summed E-state index contributed by atoms with van der Waals surface area (Å²) in [6.45, 7) is 4.95. The van der Waals surface area contributed by atoms with Crippen LogP contribution < -0.4 is 29.7 Å². The number of nitrogens with zero attached hydrogens (tertiary/aromatic N) is 2. The van der Waals surface area contributed by atoms with Crippen LogP contribution in [0.1, 0.15) is 12.5 Å². The number of likely N-dealkylation sites (N-methyl/N-ethyl adjacent to an activating group) is 1. The summed E-state index contributed by atoms with van der Waals surface area (Å²) in [6.07, 6.45) is 0. The fraction of sp³-hybridized carbons (Fsp3) is 0.409. The molecule has 2 rings (SSSR count). The zero-order valence-electron chi connectivity index (χ0n) is 18.4. The van der Waals surface area contributed by atoms with Crippen LogP contribution in [0.5, 0.6) is 17.2 Å². The van der Waals surface area contributed by atoms with Gasteiger partial charge in [-0.25, -0.2) is 4.99 Å². The van der Waals surface area contributed by atoms with Crippen molar-refractivity contribution in [1.82, 2.24) is 10.6 Å². The predicted octanol–water partition coefficient (Wildman–Crippen LogP) is 3.52. The molecular formula is C22H33IN4O3. The van der Waals surface area contributed by atoms with Crippen molar-refractivity contribution in [2.24, 2.45) is 4.99 Å². The molecule has 8 heteroatoms. The van der Waals surface area contributed by atoms with E-state index in [0.717, 1.165) is 31.2 Å². The third kappa shape index (κ3) is 7.47. The summed E-state index contributed by atoms with van der Waals surface area (Å²) in [7, 11) is 6.90. The molecule has 0 saturated carbocycles. The van der Waals surface area contributed by atoms with Crippen LogP contribution >= 0.6 is 24.0 Å². The van der Waals surface area contributed by atoms with Gasteiger partial charge in [-0.05, 0) is 36.8 Å². The van der Waals surface area contributed by atoms with Crippen LogP contribution in [0.25, 0.3) is 0 Å². The number of guanidine groups is 1. The van der Waals surface area contributed by atoms with Gasteiger partial charge in [-0.2, -0.15) is 0 Å². The van der Waals surface area contributed by atoms with E-state index in [0.29, 0.717) is 23.8 Å². The fourth-order valence-electron chi connectivity index (χ4n) is 2.89. The van der Waals surface area contributed by atoms with Crippen molar-refractivity contribution in [2.75, 3.05) is 52.9 Å². The molecule has 0 aromatic heterocycles. The highest BCUT2D eigenvalue weighted by Crippen LogP contribution is 2.38. The number of benzene rings is 2. The maximum absolute atomic E-state index is 5.42. The fourth-order valence-corrected chi connectivity index (χ4v) is 2.89. The summed E-state index contributed by atoms with van der Waals surface area (Å²) in [5, 5.41) is 6.66. The lowest BCUT2D eigenvalue weighted by Gasteiger charge is -2.20. The van der Waals surface area contributed by atoms with Crippen molar-refractivity contribution >= 4 is 35.6 Å². The number of anilines is 1. The third-order valence-electron chi connectivity index (χ3n) is 4.43. The molecule has 0 unspecified atom stereocenters. The largest absolute Gasteiger partial charge is 0.493 e. The molecule has 7 nitrogen and oxygen atoms in total. The van der Waals surface area contributed by atoms with E-state index < -0.39 is 0 Å². The van der Waals surface area contributed by atoms with Crippen molar-refractivity contribution in [2.45, 2.75) is 13.5 Å². The predicted molar refractivity (Wildman–Crippen MR) is 134 cm³/mol. The number of aliphatic imine (C=N–C) groups is 1. The number of ether oxygens (including phenoxy) is 3. The number of para-hydroxylation sites is 1. The third-order valence-corrected chi connectivity index (χ3v) is 4.43. The van der Waals surface area contributed by atoms with Crippen molar-refractivity contribution in [3.63, 3.8) is 0 Å². The van der Waals surface area contributed by atoms with Gasteiger partial charge in [0.15, 0.2) is 17.5 Å². The monoisotopic (exact) mass is 528 g/mol. The van der Waals surface area contributed by atoms with Gasteiger partial charge in [0.05, 0.1) is 27.9 Å². The molecular weight excluding hydrogens is 495 g/mol. The molecule has 0 heterocycles. The molecule has 0 aliphatic heterocycles. The quantitative estimate of drug-likeness (QED) is 0.280. The van der Waals surface area contributed by atoms with E-state index in [-0.39, 0.29) is 24.0 Å². The van der Waals surface area contributed by atoms with E-state index in [1.165, 1.54) is 5.69 Å². The number of hydrogen-bond acceptors (Lipinski definition) is 5. The van der Waals surface area contributed by atoms with Crippen molar-refractivity contribution in [3.8, 4) is 17.2 Å². The summed E-state index contributed by atoms with van der Waals surface area (Å²) >= 11 is 0. The van der Waals surface area contributed by atoms with Gasteiger partial charge < -0.3 is 29.7 Å². The van der Waals surface area contributed by atoms with Crippen LogP contribution in [0.3, 0.4) is 0 Å². The molecule has 166 valence electrons. The maximum Gasteiger partial charge on any atom is 0.203 e. The van der Waals surface area contributed by atoms with E-state index in [1.807, 2.05) is 37.3 Å². The van der Waals surface area contributed by atoms with Crippen LogP contribution in [0, 0.1) is 0 Å². The van der Waals surface area contributed by atoms with Crippen molar-refractivity contribution in [1.29, 1.82) is 0 Å². The number of nitrogens with one attached hydrogen (secondary N) is 2. The minimum atomic E-state index is 0. The van der Waals surface area contributed by atoms with Gasteiger partial charge in [-0.15, -0.1) is 24.0 Å². The summed E-state index contributed by atoms with van der Waals surface area (Å²) in [5.74, 6) is 2.60. The normalized spacial score (nSPS) is 10.6. The Morgan fingerprint density at radius 2 is 1.60 bits per heavy atom. The molecule has 30 heavy (non-hydrogen) atoms. The van der Waals surface area contributed by atoms with E-state index in [2.05, 4.69) is 39.7 Å². The Kier molecular flexibility index (Phi) is 11.8. The molecule has 0 radical (unpaired) electrons. The summed E-state index contributed by atoms with van der Waals surface area (Å²) < 4.78 is 16.2. The molecule has 0 spiro atoms. The summed E-state index contributed by atoms with van der Waals surface area (Å²) in [6, 6.07) is 14.1. The Hall–Kier alpha value is -2.36. The van der Waals surface area contributed by atoms with E-state index in [4.69, 9.17) is 14.2 Å². The molecule has 2 aromatic carbocycles. The smallest absolute Gasteiger partial charge is 0.203 e. The highest BCUT2D eigenvalue weighted by Gasteiger charge is 2.13. The second-order valence-corrected chi connectivity index (χ2v) is 6.41. The van der Waals surface area contributed by atoms with Gasteiger partial charge in [-0.1, -0.05) is 18.2 Å². The standard InChI is InChI=1S/C22H32N4O3.HI/c1-6-23-22(24-12-13-26(2)18-10-8-7-9-11-18)25-16-17-14-19(27-3)21(29-5)20(15-17)28-4;/h7-11,14-15H,6,12-13,16H2,1-5H3,(H2,23,24,25);1H. The summed E-state index contributed by atoms with van der Waals surface area (Å²) in [5.41, 5.74) is 2.16. The average Bonchev–Trinajstić information content (AvgIpc) is 2.77. The van der Waals surface area contributed by atoms with Crippen molar-refractivity contribution in [3.05, 3.63) is 48.0 Å². The second-order valence-electron chi connectivity index (χ2n) is 6.41. The highest BCUT2D eigenvalue weighted by molar-refractivity contribution is 14.0. The van der Waals surface area contributed by atoms with Gasteiger partial charge >= 0.3 is 0 Å². The molecule has 0 fully saturated rings. The Morgan fingerprint density at radius 1 is 0.967 bits per heavy atom. The number of hydrogen-bond donors (Lipinski definition) is 2. The van der Waals surface area contributed by atoms with Gasteiger partial charge in [0.25, 0.3) is 0 Å². The molecule has 0 atom stereocenters. The van der Waals surface area contributed by atoms with Gasteiger partial charge in [0, 0.05) is 32.4 Å². The van der Waals surface area contributed by atoms with Gasteiger partial charge in [-0.3, -0.25) is 0 Å². The zero-order valence-corrected chi connectivity index (χ0v) is 20.7. The average molecular weight is 528 g/mol. The zero-order chi connectivity index (χ0) is 21.1. The maximum atomic E-state index is 5.42. The number of methoxy groups -OCH3 is 3. The van der Waals surface area contributed by atoms with Crippen LogP contribution in [0.2, 0.25) is 0 Å². The number of halogens is 1. The lowest BCUT2D eigenvalue weighted by Crippen LogP contribution is -2.41. The van der Waals surface area contributed by atoms with Crippen LogP contribution in [-0.4, -0.2) is 54.0 Å². The Morgan fingerprint density at radius 3 is 2.13 bits per heavy atom. The molecule has 0 aliphatic carbocycles. The van der Waals surface area contributed by atoms with Gasteiger partial charge in [0.2, 0.25) is 5.75 Å². The minimum absolute atomic E-state index is 0. The molecule has 2 aromatic rings. The second kappa shape index (κ2) is 13.8. The SMILES string of the molecule is CCNC(=NCc1cc(OC)c(OC)c(OC)c1)NCCN(C)c1ccccc1.I. The summed E-state index contributed by atoms with van der Waals surface area (Å²) in [4.78, 5) is 6.89. The lowest BCUT2D eigenvalue weighted by atomic mass is 10.2. The molecule has 2 N–H and O–H groups in total. The van der Waals surface area contributed by atoms with E-state index >= 15 is 0 Å². The topological polar surface area (TPSA) is 67.4 Å². The molecule has 0 amide bonds. The highest BCUT2D eigenvalue weighted by atomic mass is 127. The van der Waals surface area contributed by atoms with Crippen LogP contribution in [0.4, 0.5) is 5.69 Å². The van der Waals surface area contributed by atoms with E-state index in [9.17, 15) is 0 Å². The van der Waals surface area contributed by atoms with Crippen molar-refractivity contribution < 1.29 is 14.2 Å². The Bertz CT molecular complexity index is 762. The first-order valence-corrected chi connectivity index (χ1v) is 9.70. The number of rotatable bonds is 10. The molecule has 0 aliphatic rings. The first-order chi connectivity index (χ1) is 14.1. The van der Waals surface area contributed by atoms with Crippen LogP contribution in [-0.2, 0) is 6.54 Å². The molecule has 0 saturated heterocycles.